The number of halogens is 1. The van der Waals surface area contributed by atoms with E-state index in [1.165, 1.54) is 24.0 Å². The van der Waals surface area contributed by atoms with Crippen molar-refractivity contribution in [1.29, 1.82) is 0 Å². The molecule has 7 nitrogen and oxygen atoms in total. The lowest BCUT2D eigenvalue weighted by molar-refractivity contribution is 0.559. The van der Waals surface area contributed by atoms with E-state index in [1.807, 2.05) is 43.3 Å². The van der Waals surface area contributed by atoms with Crippen LogP contribution < -0.4 is 11.2 Å². The minimum absolute atomic E-state index is 0.271. The molecule has 0 saturated heterocycles. The number of hydrogen-bond acceptors (Lipinski definition) is 6. The molecule has 0 unspecified atom stereocenters. The van der Waals surface area contributed by atoms with Crippen LogP contribution in [0.4, 0.5) is 0 Å². The minimum atomic E-state index is -0.434. The van der Waals surface area contributed by atoms with Gasteiger partial charge in [-0.15, -0.1) is 0 Å². The van der Waals surface area contributed by atoms with Crippen LogP contribution in [0.25, 0.3) is 27.7 Å². The summed E-state index contributed by atoms with van der Waals surface area (Å²) in [5.74, 6) is 0.401. The molecule has 1 N–H and O–H groups in total. The third-order valence-electron chi connectivity index (χ3n) is 5.16. The maximum Gasteiger partial charge on any atom is 0.336 e. The van der Waals surface area contributed by atoms with Gasteiger partial charge in [-0.05, 0) is 41.8 Å². The second-order valence-electron chi connectivity index (χ2n) is 7.17. The molecule has 0 bridgehead atoms. The van der Waals surface area contributed by atoms with Gasteiger partial charge in [-0.2, -0.15) is 5.10 Å². The average molecular weight is 465 g/mol. The Labute approximate surface area is 191 Å². The molecule has 160 valence electrons. The molecule has 2 aromatic carbocycles. The summed E-state index contributed by atoms with van der Waals surface area (Å²) in [5, 5.41) is 6.54. The molecule has 0 radical (unpaired) electrons. The van der Waals surface area contributed by atoms with Crippen molar-refractivity contribution in [2.75, 3.05) is 0 Å². The highest BCUT2D eigenvalue weighted by atomic mass is 35.5. The van der Waals surface area contributed by atoms with Crippen molar-refractivity contribution in [1.82, 2.24) is 19.7 Å². The lowest BCUT2D eigenvalue weighted by atomic mass is 10.1. The highest BCUT2D eigenvalue weighted by molar-refractivity contribution is 7.98. The Kier molecular flexibility index (Phi) is 5.32. The molecule has 3 heterocycles. The fraction of sp³-hybridized carbons (Fsp3) is 0.130. The van der Waals surface area contributed by atoms with E-state index in [4.69, 9.17) is 16.0 Å². The number of aromatic amines is 1. The van der Waals surface area contributed by atoms with Gasteiger partial charge in [0.15, 0.2) is 10.8 Å². The summed E-state index contributed by atoms with van der Waals surface area (Å²) in [7, 11) is 0. The largest absolute Gasteiger partial charge is 0.423 e. The molecule has 0 amide bonds. The normalized spacial score (nSPS) is 11.4. The molecule has 5 aromatic rings. The summed E-state index contributed by atoms with van der Waals surface area (Å²) in [6.45, 7) is 1.99. The molecule has 5 rings (SSSR count). The zero-order valence-electron chi connectivity index (χ0n) is 17.0. The van der Waals surface area contributed by atoms with Gasteiger partial charge in [-0.1, -0.05) is 48.5 Å². The van der Waals surface area contributed by atoms with Gasteiger partial charge in [0.25, 0.3) is 5.56 Å². The maximum atomic E-state index is 12.6. The van der Waals surface area contributed by atoms with Crippen LogP contribution in [0.5, 0.6) is 0 Å². The quantitative estimate of drug-likeness (QED) is 0.230. The highest BCUT2D eigenvalue weighted by Gasteiger charge is 2.14. The van der Waals surface area contributed by atoms with Gasteiger partial charge >= 0.3 is 5.63 Å². The first-order valence-electron chi connectivity index (χ1n) is 9.95. The van der Waals surface area contributed by atoms with E-state index in [0.29, 0.717) is 32.5 Å². The van der Waals surface area contributed by atoms with E-state index in [-0.39, 0.29) is 5.56 Å². The monoisotopic (exact) mass is 464 g/mol. The van der Waals surface area contributed by atoms with Gasteiger partial charge in [0.2, 0.25) is 0 Å². The fourth-order valence-corrected chi connectivity index (χ4v) is 4.69. The second-order valence-corrected chi connectivity index (χ2v) is 8.54. The molecule has 0 atom stereocenters. The summed E-state index contributed by atoms with van der Waals surface area (Å²) in [5.41, 5.74) is 2.74. The van der Waals surface area contributed by atoms with Crippen molar-refractivity contribution < 1.29 is 4.42 Å². The van der Waals surface area contributed by atoms with Gasteiger partial charge in [0.05, 0.1) is 11.9 Å². The van der Waals surface area contributed by atoms with Gasteiger partial charge in [0, 0.05) is 22.2 Å². The third kappa shape index (κ3) is 3.72. The third-order valence-corrected chi connectivity index (χ3v) is 6.43. The minimum Gasteiger partial charge on any atom is -0.423 e. The molecule has 9 heteroatoms. The Bertz CT molecular complexity index is 1570. The zero-order valence-corrected chi connectivity index (χ0v) is 18.5. The summed E-state index contributed by atoms with van der Waals surface area (Å²) < 4.78 is 7.01. The molecule has 32 heavy (non-hydrogen) atoms. The summed E-state index contributed by atoms with van der Waals surface area (Å²) in [4.78, 5) is 32.1. The van der Waals surface area contributed by atoms with Crippen LogP contribution >= 0.6 is 23.4 Å². The topological polar surface area (TPSA) is 93.8 Å². The SMILES string of the molecule is CCc1cc2oc(=O)cc(CSc3nc4c(cnn4-c4ccccc4)c(=O)[nH]3)c2cc1Cl. The van der Waals surface area contributed by atoms with Crippen LogP contribution in [-0.2, 0) is 12.2 Å². The second kappa shape index (κ2) is 8.29. The van der Waals surface area contributed by atoms with Crippen molar-refractivity contribution in [3.05, 3.63) is 91.7 Å². The summed E-state index contributed by atoms with van der Waals surface area (Å²) >= 11 is 7.70. The number of aryl methyl sites for hydroxylation is 1. The Hall–Kier alpha value is -3.36. The number of thioether (sulfide) groups is 1. The summed E-state index contributed by atoms with van der Waals surface area (Å²) in [6.07, 6.45) is 2.24. The van der Waals surface area contributed by atoms with Crippen LogP contribution in [0.15, 0.2) is 73.9 Å². The number of hydrogen-bond donors (Lipinski definition) is 1. The number of nitrogens with zero attached hydrogens (tertiary/aromatic N) is 3. The number of rotatable bonds is 5. The lowest BCUT2D eigenvalue weighted by Crippen LogP contribution is -2.10. The molecule has 0 saturated carbocycles. The first kappa shape index (κ1) is 20.5. The van der Waals surface area contributed by atoms with Gasteiger partial charge in [-0.3, -0.25) is 4.79 Å². The Morgan fingerprint density at radius 3 is 2.69 bits per heavy atom. The zero-order chi connectivity index (χ0) is 22.2. The van der Waals surface area contributed by atoms with Crippen LogP contribution in [0.3, 0.4) is 0 Å². The van der Waals surface area contributed by atoms with Crippen molar-refractivity contribution >= 4 is 45.4 Å². The van der Waals surface area contributed by atoms with E-state index in [2.05, 4.69) is 15.1 Å². The number of benzene rings is 2. The van der Waals surface area contributed by atoms with Crippen LogP contribution in [0, 0.1) is 0 Å². The van der Waals surface area contributed by atoms with Crippen LogP contribution in [-0.4, -0.2) is 19.7 Å². The predicted molar refractivity (Wildman–Crippen MR) is 126 cm³/mol. The fourth-order valence-electron chi connectivity index (χ4n) is 3.55. The standard InChI is InChI=1S/C23H17ClN4O3S/c1-2-13-8-19-16(10-18(13)24)14(9-20(29)31-19)12-32-23-26-21-17(22(30)27-23)11-25-28(21)15-6-4-3-5-7-15/h3-11H,2,12H2,1H3,(H,26,27,30). The van der Waals surface area contributed by atoms with E-state index in [9.17, 15) is 9.59 Å². The molecule has 0 spiro atoms. The first-order valence-corrected chi connectivity index (χ1v) is 11.3. The van der Waals surface area contributed by atoms with Gasteiger partial charge in [0.1, 0.15) is 11.0 Å². The number of nitrogens with one attached hydrogen (secondary N) is 1. The molecular weight excluding hydrogens is 448 g/mol. The highest BCUT2D eigenvalue weighted by Crippen LogP contribution is 2.29. The van der Waals surface area contributed by atoms with Crippen LogP contribution in [0.2, 0.25) is 5.02 Å². The van der Waals surface area contributed by atoms with Gasteiger partial charge < -0.3 is 9.40 Å². The average Bonchev–Trinajstić information content (AvgIpc) is 3.22. The number of aromatic nitrogens is 4. The smallest absolute Gasteiger partial charge is 0.336 e. The molecule has 0 aliphatic heterocycles. The molecular formula is C23H17ClN4O3S. The number of H-pyrrole nitrogens is 1. The van der Waals surface area contributed by atoms with E-state index >= 15 is 0 Å². The van der Waals surface area contributed by atoms with Crippen molar-refractivity contribution in [3.8, 4) is 5.69 Å². The molecule has 0 aliphatic carbocycles. The summed E-state index contributed by atoms with van der Waals surface area (Å²) in [6, 6.07) is 14.6. The molecule has 0 fully saturated rings. The predicted octanol–water partition coefficient (Wildman–Crippen LogP) is 4.72. The molecule has 3 aromatic heterocycles. The number of fused-ring (bicyclic) bond motifs is 2. The lowest BCUT2D eigenvalue weighted by Gasteiger charge is -2.08. The van der Waals surface area contributed by atoms with Crippen molar-refractivity contribution in [3.63, 3.8) is 0 Å². The number of para-hydroxylation sites is 1. The first-order chi connectivity index (χ1) is 15.5. The maximum absolute atomic E-state index is 12.6. The van der Waals surface area contributed by atoms with E-state index in [1.54, 1.807) is 10.7 Å². The Morgan fingerprint density at radius 1 is 1.09 bits per heavy atom. The van der Waals surface area contributed by atoms with Crippen LogP contribution in [0.1, 0.15) is 18.1 Å². The molecule has 0 aliphatic rings. The van der Waals surface area contributed by atoms with Crippen molar-refractivity contribution in [2.45, 2.75) is 24.3 Å². The Morgan fingerprint density at radius 2 is 1.91 bits per heavy atom. The Balaban J connectivity index is 1.53. The van der Waals surface area contributed by atoms with E-state index in [0.717, 1.165) is 28.6 Å². The van der Waals surface area contributed by atoms with E-state index < -0.39 is 5.63 Å². The van der Waals surface area contributed by atoms with Crippen molar-refractivity contribution in [2.24, 2.45) is 0 Å². The van der Waals surface area contributed by atoms with Gasteiger partial charge in [-0.25, -0.2) is 14.5 Å².